The van der Waals surface area contributed by atoms with Crippen LogP contribution in [0.4, 0.5) is 15.8 Å². The van der Waals surface area contributed by atoms with Gasteiger partial charge >= 0.3 is 0 Å². The minimum Gasteiger partial charge on any atom is -0.497 e. The number of anilines is 2. The van der Waals surface area contributed by atoms with E-state index in [1.54, 1.807) is 42.5 Å². The maximum Gasteiger partial charge on any atom is 0.262 e. The molecule has 35 heavy (non-hydrogen) atoms. The van der Waals surface area contributed by atoms with Gasteiger partial charge in [-0.2, -0.15) is 0 Å². The van der Waals surface area contributed by atoms with E-state index in [0.29, 0.717) is 22.1 Å². The van der Waals surface area contributed by atoms with E-state index in [2.05, 4.69) is 16.1 Å². The number of nitrogens with one attached hydrogen (secondary N) is 2. The van der Waals surface area contributed by atoms with Crippen LogP contribution in [0.2, 0.25) is 5.02 Å². The SMILES string of the molecule is COc1ccc(OC)c(NS(=O)(=O)c2ccc3c(c2)[C@H]2C=CC[C@H]2[C@@H](c2c(F)cccc2Cl)N3)c1. The normalized spacial score (nSPS) is 20.5. The van der Waals surface area contributed by atoms with Gasteiger partial charge in [0.15, 0.2) is 0 Å². The molecule has 0 radical (unpaired) electrons. The second-order valence-electron chi connectivity index (χ2n) is 8.53. The fourth-order valence-corrected chi connectivity index (χ4v) is 6.31. The molecule has 2 aliphatic rings. The van der Waals surface area contributed by atoms with E-state index >= 15 is 0 Å². The molecule has 9 heteroatoms. The monoisotopic (exact) mass is 514 g/mol. The van der Waals surface area contributed by atoms with E-state index in [0.717, 1.165) is 17.7 Å². The Balaban J connectivity index is 1.51. The molecule has 0 saturated heterocycles. The number of hydrogen-bond donors (Lipinski definition) is 2. The van der Waals surface area contributed by atoms with Gasteiger partial charge in [0.05, 0.1) is 30.8 Å². The van der Waals surface area contributed by atoms with Gasteiger partial charge < -0.3 is 14.8 Å². The standard InChI is InChI=1S/C26H24ClFN2O4S/c1-33-15-9-12-24(34-2)23(13-15)30-35(31,32)16-10-11-22-19(14-16)17-5-3-6-18(17)26(29-22)25-20(27)7-4-8-21(25)28/h3-5,7-14,17-18,26,29-30H,6H2,1-2H3/t17-,18+,26-/m0/s1. The van der Waals surface area contributed by atoms with Crippen LogP contribution in [-0.2, 0) is 10.0 Å². The molecule has 1 aliphatic carbocycles. The average Bonchev–Trinajstić information content (AvgIpc) is 3.34. The number of sulfonamides is 1. The van der Waals surface area contributed by atoms with Gasteiger partial charge in [0.25, 0.3) is 10.0 Å². The number of hydrogen-bond acceptors (Lipinski definition) is 5. The molecule has 6 nitrogen and oxygen atoms in total. The zero-order valence-electron chi connectivity index (χ0n) is 19.1. The molecule has 0 spiro atoms. The van der Waals surface area contributed by atoms with Crippen molar-refractivity contribution in [2.75, 3.05) is 24.3 Å². The Morgan fingerprint density at radius 3 is 2.66 bits per heavy atom. The van der Waals surface area contributed by atoms with Crippen molar-refractivity contribution in [2.45, 2.75) is 23.3 Å². The Morgan fingerprint density at radius 2 is 1.91 bits per heavy atom. The maximum atomic E-state index is 14.8. The summed E-state index contributed by atoms with van der Waals surface area (Å²) < 4.78 is 54.5. The van der Waals surface area contributed by atoms with Crippen molar-refractivity contribution in [3.63, 3.8) is 0 Å². The third kappa shape index (κ3) is 4.21. The van der Waals surface area contributed by atoms with Crippen LogP contribution in [0.3, 0.4) is 0 Å². The minimum absolute atomic E-state index is 0.00120. The number of halogens is 2. The molecule has 3 aromatic rings. The van der Waals surface area contributed by atoms with Crippen LogP contribution in [0.25, 0.3) is 0 Å². The van der Waals surface area contributed by atoms with Crippen molar-refractivity contribution in [1.29, 1.82) is 0 Å². The van der Waals surface area contributed by atoms with Crippen LogP contribution in [-0.4, -0.2) is 22.6 Å². The molecule has 3 aromatic carbocycles. The third-order valence-electron chi connectivity index (χ3n) is 6.61. The zero-order chi connectivity index (χ0) is 24.7. The number of benzene rings is 3. The maximum absolute atomic E-state index is 14.8. The van der Waals surface area contributed by atoms with Crippen LogP contribution in [0, 0.1) is 11.7 Å². The molecule has 0 fully saturated rings. The van der Waals surface area contributed by atoms with E-state index in [-0.39, 0.29) is 34.3 Å². The van der Waals surface area contributed by atoms with Crippen LogP contribution >= 0.6 is 11.6 Å². The van der Waals surface area contributed by atoms with Gasteiger partial charge in [-0.25, -0.2) is 12.8 Å². The molecule has 182 valence electrons. The van der Waals surface area contributed by atoms with E-state index in [1.807, 2.05) is 6.08 Å². The summed E-state index contributed by atoms with van der Waals surface area (Å²) in [4.78, 5) is 0.115. The number of ether oxygens (including phenoxy) is 2. The number of methoxy groups -OCH3 is 2. The summed E-state index contributed by atoms with van der Waals surface area (Å²) in [5.41, 5.74) is 2.30. The summed E-state index contributed by atoms with van der Waals surface area (Å²) >= 11 is 6.38. The van der Waals surface area contributed by atoms with Crippen LogP contribution < -0.4 is 19.5 Å². The highest BCUT2D eigenvalue weighted by Gasteiger charge is 2.40. The van der Waals surface area contributed by atoms with Crippen molar-refractivity contribution in [1.82, 2.24) is 0 Å². The lowest BCUT2D eigenvalue weighted by Gasteiger charge is -2.38. The van der Waals surface area contributed by atoms with E-state index in [1.165, 1.54) is 26.4 Å². The lowest BCUT2D eigenvalue weighted by Crippen LogP contribution is -2.30. The van der Waals surface area contributed by atoms with Crippen LogP contribution in [0.15, 0.2) is 71.6 Å². The van der Waals surface area contributed by atoms with Gasteiger partial charge in [-0.1, -0.05) is 29.8 Å². The Kier molecular flexibility index (Phi) is 6.11. The summed E-state index contributed by atoms with van der Waals surface area (Å²) in [7, 11) is -0.960. The highest BCUT2D eigenvalue weighted by molar-refractivity contribution is 7.92. The second-order valence-corrected chi connectivity index (χ2v) is 10.6. The minimum atomic E-state index is -3.93. The molecule has 1 heterocycles. The largest absolute Gasteiger partial charge is 0.497 e. The summed E-state index contributed by atoms with van der Waals surface area (Å²) in [6.45, 7) is 0. The van der Waals surface area contributed by atoms with E-state index in [9.17, 15) is 12.8 Å². The zero-order valence-corrected chi connectivity index (χ0v) is 20.7. The Morgan fingerprint density at radius 1 is 1.09 bits per heavy atom. The van der Waals surface area contributed by atoms with Crippen molar-refractivity contribution in [2.24, 2.45) is 5.92 Å². The van der Waals surface area contributed by atoms with Gasteiger partial charge in [0, 0.05) is 28.3 Å². The molecular weight excluding hydrogens is 491 g/mol. The smallest absolute Gasteiger partial charge is 0.262 e. The van der Waals surface area contributed by atoms with Gasteiger partial charge in [0.1, 0.15) is 17.3 Å². The molecule has 2 N–H and O–H groups in total. The first-order valence-corrected chi connectivity index (χ1v) is 12.9. The summed E-state index contributed by atoms with van der Waals surface area (Å²) in [6.07, 6.45) is 4.83. The molecule has 0 aromatic heterocycles. The summed E-state index contributed by atoms with van der Waals surface area (Å²) in [5, 5.41) is 3.78. The lowest BCUT2D eigenvalue weighted by molar-refractivity contribution is 0.405. The molecule has 0 saturated carbocycles. The van der Waals surface area contributed by atoms with Gasteiger partial charge in [-0.05, 0) is 60.4 Å². The predicted molar refractivity (Wildman–Crippen MR) is 135 cm³/mol. The highest BCUT2D eigenvalue weighted by atomic mass is 35.5. The van der Waals surface area contributed by atoms with Crippen molar-refractivity contribution >= 4 is 33.0 Å². The molecule has 5 rings (SSSR count). The Bertz CT molecular complexity index is 1410. The number of rotatable bonds is 6. The molecule has 1 aliphatic heterocycles. The average molecular weight is 515 g/mol. The number of fused-ring (bicyclic) bond motifs is 3. The predicted octanol–water partition coefficient (Wildman–Crippen LogP) is 6.12. The quantitative estimate of drug-likeness (QED) is 0.387. The fraction of sp³-hybridized carbons (Fsp3) is 0.231. The van der Waals surface area contributed by atoms with Crippen LogP contribution in [0.5, 0.6) is 11.5 Å². The van der Waals surface area contributed by atoms with E-state index in [4.69, 9.17) is 21.1 Å². The topological polar surface area (TPSA) is 76.7 Å². The first-order valence-electron chi connectivity index (χ1n) is 11.1. The number of allylic oxidation sites excluding steroid dienone is 2. The van der Waals surface area contributed by atoms with Gasteiger partial charge in [0.2, 0.25) is 0 Å². The van der Waals surface area contributed by atoms with E-state index < -0.39 is 10.0 Å². The van der Waals surface area contributed by atoms with Crippen molar-refractivity contribution < 1.29 is 22.3 Å². The Hall–Kier alpha value is -3.23. The van der Waals surface area contributed by atoms with Crippen LogP contribution in [0.1, 0.15) is 29.5 Å². The van der Waals surface area contributed by atoms with Gasteiger partial charge in [-0.3, -0.25) is 4.72 Å². The lowest BCUT2D eigenvalue weighted by atomic mass is 9.77. The first kappa shape index (κ1) is 23.5. The molecule has 0 unspecified atom stereocenters. The summed E-state index contributed by atoms with van der Waals surface area (Å²) in [5.74, 6) is 0.432. The fourth-order valence-electron chi connectivity index (χ4n) is 4.93. The second kappa shape index (κ2) is 9.09. The van der Waals surface area contributed by atoms with Crippen molar-refractivity contribution in [3.05, 3.63) is 88.7 Å². The first-order chi connectivity index (χ1) is 16.8. The summed E-state index contributed by atoms with van der Waals surface area (Å²) in [6, 6.07) is 14.1. The Labute approximate surface area is 208 Å². The highest BCUT2D eigenvalue weighted by Crippen LogP contribution is 2.51. The molecular formula is C26H24ClFN2O4S. The van der Waals surface area contributed by atoms with Gasteiger partial charge in [-0.15, -0.1) is 0 Å². The molecule has 3 atom stereocenters. The molecule has 0 bridgehead atoms. The van der Waals surface area contributed by atoms with Crippen molar-refractivity contribution in [3.8, 4) is 11.5 Å². The molecule has 0 amide bonds. The third-order valence-corrected chi connectivity index (χ3v) is 8.30.